The van der Waals surface area contributed by atoms with Crippen LogP contribution < -0.4 is 5.73 Å². The second-order valence-electron chi connectivity index (χ2n) is 3.64. The molecular weight excluding hydrogens is 226 g/mol. The SMILES string of the molecule is CC(C)C(CN)c1cccc(Br)c1. The summed E-state index contributed by atoms with van der Waals surface area (Å²) in [5, 5.41) is 0. The molecule has 2 N–H and O–H groups in total. The summed E-state index contributed by atoms with van der Waals surface area (Å²) in [6.07, 6.45) is 0. The van der Waals surface area contributed by atoms with Crippen molar-refractivity contribution in [2.75, 3.05) is 6.54 Å². The summed E-state index contributed by atoms with van der Waals surface area (Å²) in [7, 11) is 0. The van der Waals surface area contributed by atoms with Crippen molar-refractivity contribution in [3.8, 4) is 0 Å². The van der Waals surface area contributed by atoms with E-state index in [0.29, 0.717) is 18.4 Å². The molecule has 0 fully saturated rings. The zero-order valence-corrected chi connectivity index (χ0v) is 9.71. The highest BCUT2D eigenvalue weighted by Crippen LogP contribution is 2.25. The summed E-state index contributed by atoms with van der Waals surface area (Å²) in [5.74, 6) is 1.07. The van der Waals surface area contributed by atoms with Gasteiger partial charge in [-0.2, -0.15) is 0 Å². The highest BCUT2D eigenvalue weighted by Gasteiger charge is 2.13. The molecule has 0 aliphatic carbocycles. The van der Waals surface area contributed by atoms with Gasteiger partial charge in [-0.15, -0.1) is 0 Å². The van der Waals surface area contributed by atoms with Gasteiger partial charge in [0.05, 0.1) is 0 Å². The average Bonchev–Trinajstić information content (AvgIpc) is 2.04. The maximum absolute atomic E-state index is 5.74. The van der Waals surface area contributed by atoms with E-state index in [1.165, 1.54) is 5.56 Å². The minimum Gasteiger partial charge on any atom is -0.330 e. The Labute approximate surface area is 88.5 Å². The molecule has 2 heteroatoms. The van der Waals surface area contributed by atoms with Crippen LogP contribution in [0.2, 0.25) is 0 Å². The predicted molar refractivity (Wildman–Crippen MR) is 60.8 cm³/mol. The van der Waals surface area contributed by atoms with Crippen molar-refractivity contribution < 1.29 is 0 Å². The quantitative estimate of drug-likeness (QED) is 0.865. The molecule has 1 atom stereocenters. The molecule has 0 aliphatic rings. The third kappa shape index (κ3) is 2.82. The monoisotopic (exact) mass is 241 g/mol. The third-order valence-corrected chi connectivity index (χ3v) is 2.83. The Bertz CT molecular complexity index is 271. The molecule has 0 saturated carbocycles. The van der Waals surface area contributed by atoms with Gasteiger partial charge in [-0.1, -0.05) is 41.9 Å². The number of nitrogens with two attached hydrogens (primary N) is 1. The first-order chi connectivity index (χ1) is 6.15. The second-order valence-corrected chi connectivity index (χ2v) is 4.56. The Morgan fingerprint density at radius 3 is 2.54 bits per heavy atom. The van der Waals surface area contributed by atoms with E-state index in [4.69, 9.17) is 5.73 Å². The molecule has 0 radical (unpaired) electrons. The van der Waals surface area contributed by atoms with Crippen molar-refractivity contribution in [1.82, 2.24) is 0 Å². The van der Waals surface area contributed by atoms with E-state index < -0.39 is 0 Å². The Balaban J connectivity index is 2.91. The Kier molecular flexibility index (Phi) is 3.94. The lowest BCUT2D eigenvalue weighted by molar-refractivity contribution is 0.506. The zero-order valence-electron chi connectivity index (χ0n) is 8.13. The van der Waals surface area contributed by atoms with Gasteiger partial charge in [0.15, 0.2) is 0 Å². The van der Waals surface area contributed by atoms with E-state index in [1.54, 1.807) is 0 Å². The van der Waals surface area contributed by atoms with Crippen LogP contribution in [0, 0.1) is 5.92 Å². The van der Waals surface area contributed by atoms with Crippen LogP contribution in [0.1, 0.15) is 25.3 Å². The number of halogens is 1. The van der Waals surface area contributed by atoms with E-state index >= 15 is 0 Å². The van der Waals surface area contributed by atoms with Crippen molar-refractivity contribution in [1.29, 1.82) is 0 Å². The van der Waals surface area contributed by atoms with Gasteiger partial charge in [0.1, 0.15) is 0 Å². The molecular formula is C11H16BrN. The molecule has 13 heavy (non-hydrogen) atoms. The summed E-state index contributed by atoms with van der Waals surface area (Å²) < 4.78 is 1.13. The van der Waals surface area contributed by atoms with Crippen molar-refractivity contribution in [2.45, 2.75) is 19.8 Å². The van der Waals surface area contributed by atoms with Gasteiger partial charge in [0.2, 0.25) is 0 Å². The summed E-state index contributed by atoms with van der Waals surface area (Å²) in [4.78, 5) is 0. The van der Waals surface area contributed by atoms with Gasteiger partial charge in [-0.25, -0.2) is 0 Å². The van der Waals surface area contributed by atoms with E-state index in [0.717, 1.165) is 4.47 Å². The molecule has 0 aliphatic heterocycles. The lowest BCUT2D eigenvalue weighted by atomic mass is 9.89. The first-order valence-corrected chi connectivity index (χ1v) is 5.40. The van der Waals surface area contributed by atoms with Crippen molar-refractivity contribution >= 4 is 15.9 Å². The lowest BCUT2D eigenvalue weighted by Crippen LogP contribution is -2.17. The third-order valence-electron chi connectivity index (χ3n) is 2.34. The van der Waals surface area contributed by atoms with Crippen LogP contribution >= 0.6 is 15.9 Å². The Morgan fingerprint density at radius 2 is 2.08 bits per heavy atom. The van der Waals surface area contributed by atoms with Gasteiger partial charge in [0, 0.05) is 4.47 Å². The Hall–Kier alpha value is -0.340. The van der Waals surface area contributed by atoms with Crippen molar-refractivity contribution in [3.63, 3.8) is 0 Å². The fourth-order valence-electron chi connectivity index (χ4n) is 1.53. The van der Waals surface area contributed by atoms with Crippen LogP contribution in [0.15, 0.2) is 28.7 Å². The van der Waals surface area contributed by atoms with Gasteiger partial charge >= 0.3 is 0 Å². The van der Waals surface area contributed by atoms with Crippen LogP contribution in [0.5, 0.6) is 0 Å². The summed E-state index contributed by atoms with van der Waals surface area (Å²) >= 11 is 3.47. The topological polar surface area (TPSA) is 26.0 Å². The van der Waals surface area contributed by atoms with E-state index in [1.807, 2.05) is 6.07 Å². The summed E-state index contributed by atoms with van der Waals surface area (Å²) in [6, 6.07) is 8.39. The van der Waals surface area contributed by atoms with Crippen LogP contribution in [0.3, 0.4) is 0 Å². The second kappa shape index (κ2) is 4.77. The molecule has 0 bridgehead atoms. The van der Waals surface area contributed by atoms with Crippen LogP contribution in [-0.2, 0) is 0 Å². The normalized spacial score (nSPS) is 13.3. The first-order valence-electron chi connectivity index (χ1n) is 4.60. The number of hydrogen-bond acceptors (Lipinski definition) is 1. The van der Waals surface area contributed by atoms with Crippen LogP contribution in [0.25, 0.3) is 0 Å². The predicted octanol–water partition coefficient (Wildman–Crippen LogP) is 3.15. The van der Waals surface area contributed by atoms with E-state index in [-0.39, 0.29) is 0 Å². The van der Waals surface area contributed by atoms with E-state index in [9.17, 15) is 0 Å². The molecule has 1 unspecified atom stereocenters. The summed E-state index contributed by atoms with van der Waals surface area (Å²) in [6.45, 7) is 5.13. The first kappa shape index (κ1) is 10.7. The highest BCUT2D eigenvalue weighted by atomic mass is 79.9. The van der Waals surface area contributed by atoms with E-state index in [2.05, 4.69) is 48.0 Å². The fraction of sp³-hybridized carbons (Fsp3) is 0.455. The van der Waals surface area contributed by atoms with Gasteiger partial charge in [0.25, 0.3) is 0 Å². The molecule has 1 rings (SSSR count). The number of rotatable bonds is 3. The summed E-state index contributed by atoms with van der Waals surface area (Å²) in [5.41, 5.74) is 7.07. The number of hydrogen-bond donors (Lipinski definition) is 1. The molecule has 0 spiro atoms. The highest BCUT2D eigenvalue weighted by molar-refractivity contribution is 9.10. The molecule has 0 aromatic heterocycles. The van der Waals surface area contributed by atoms with Gasteiger partial charge in [-0.05, 0) is 36.1 Å². The molecule has 1 aromatic carbocycles. The maximum atomic E-state index is 5.74. The molecule has 1 nitrogen and oxygen atoms in total. The minimum absolute atomic E-state index is 0.470. The van der Waals surface area contributed by atoms with Crippen LogP contribution in [0.4, 0.5) is 0 Å². The smallest absolute Gasteiger partial charge is 0.0178 e. The molecule has 1 aromatic rings. The van der Waals surface area contributed by atoms with Crippen molar-refractivity contribution in [3.05, 3.63) is 34.3 Å². The molecule has 0 saturated heterocycles. The van der Waals surface area contributed by atoms with Crippen LogP contribution in [-0.4, -0.2) is 6.54 Å². The molecule has 72 valence electrons. The maximum Gasteiger partial charge on any atom is 0.0178 e. The average molecular weight is 242 g/mol. The minimum atomic E-state index is 0.470. The van der Waals surface area contributed by atoms with Gasteiger partial charge in [-0.3, -0.25) is 0 Å². The molecule has 0 amide bonds. The standard InChI is InChI=1S/C11H16BrN/c1-8(2)11(7-13)9-4-3-5-10(12)6-9/h3-6,8,11H,7,13H2,1-2H3. The largest absolute Gasteiger partial charge is 0.330 e. The number of benzene rings is 1. The van der Waals surface area contributed by atoms with Crippen molar-refractivity contribution in [2.24, 2.45) is 11.7 Å². The molecule has 0 heterocycles. The fourth-order valence-corrected chi connectivity index (χ4v) is 1.95. The Morgan fingerprint density at radius 1 is 1.38 bits per heavy atom. The zero-order chi connectivity index (χ0) is 9.84. The van der Waals surface area contributed by atoms with Gasteiger partial charge < -0.3 is 5.73 Å². The lowest BCUT2D eigenvalue weighted by Gasteiger charge is -2.19.